The van der Waals surface area contributed by atoms with Gasteiger partial charge < -0.3 is 10.2 Å². The van der Waals surface area contributed by atoms with E-state index in [9.17, 15) is 10.2 Å². The zero-order valence-electron chi connectivity index (χ0n) is 10.9. The third-order valence-corrected chi connectivity index (χ3v) is 4.94. The molecule has 2 aliphatic carbocycles. The lowest BCUT2D eigenvalue weighted by molar-refractivity contribution is 0.0996. The average molecular weight is 236 g/mol. The molecule has 4 atom stereocenters. The summed E-state index contributed by atoms with van der Waals surface area (Å²) >= 11 is 0. The molecule has 1 fully saturated rings. The Hall–Kier alpha value is -0.600. The molecule has 0 aliphatic heterocycles. The van der Waals surface area contributed by atoms with E-state index in [0.29, 0.717) is 11.8 Å². The summed E-state index contributed by atoms with van der Waals surface area (Å²) in [5.41, 5.74) is 2.28. The highest BCUT2D eigenvalue weighted by Gasteiger charge is 2.46. The summed E-state index contributed by atoms with van der Waals surface area (Å²) in [5.74, 6) is 1.17. The molecule has 2 aliphatic rings. The van der Waals surface area contributed by atoms with Crippen molar-refractivity contribution >= 4 is 0 Å². The lowest BCUT2D eigenvalue weighted by atomic mass is 9.72. The van der Waals surface area contributed by atoms with Gasteiger partial charge in [-0.2, -0.15) is 0 Å². The van der Waals surface area contributed by atoms with Gasteiger partial charge >= 0.3 is 0 Å². The maximum absolute atomic E-state index is 10.1. The molecule has 0 radical (unpaired) electrons. The summed E-state index contributed by atoms with van der Waals surface area (Å²) in [4.78, 5) is 0. The van der Waals surface area contributed by atoms with Crippen LogP contribution in [-0.2, 0) is 0 Å². The van der Waals surface area contributed by atoms with Gasteiger partial charge in [-0.1, -0.05) is 25.2 Å². The minimum Gasteiger partial charge on any atom is -0.392 e. The first-order valence-corrected chi connectivity index (χ1v) is 6.61. The second kappa shape index (κ2) is 4.58. The predicted molar refractivity (Wildman–Crippen MR) is 69.5 cm³/mol. The van der Waals surface area contributed by atoms with Gasteiger partial charge in [0.05, 0.1) is 12.7 Å². The zero-order chi connectivity index (χ0) is 12.6. The van der Waals surface area contributed by atoms with Crippen LogP contribution >= 0.6 is 0 Å². The van der Waals surface area contributed by atoms with Crippen LogP contribution in [0.1, 0.15) is 39.5 Å². The van der Waals surface area contributed by atoms with Crippen LogP contribution < -0.4 is 0 Å². The Balaban J connectivity index is 2.26. The van der Waals surface area contributed by atoms with E-state index in [-0.39, 0.29) is 12.0 Å². The van der Waals surface area contributed by atoms with Crippen molar-refractivity contribution in [2.24, 2.45) is 17.3 Å². The normalized spacial score (nSPS) is 41.6. The molecule has 1 saturated carbocycles. The Kier molecular flexibility index (Phi) is 3.46. The average Bonchev–Trinajstić information content (AvgIpc) is 2.50. The standard InChI is InChI=1S/C15H24O2/c1-10(2)12-6-7-15(3)8-14(17)11(9-16)4-5-13(12)15/h4,12-14,16-17H,1,5-9H2,2-3H3/t12-,13-,14-,15+/m0/s1. The van der Waals surface area contributed by atoms with Crippen molar-refractivity contribution in [1.29, 1.82) is 0 Å². The summed E-state index contributed by atoms with van der Waals surface area (Å²) in [5, 5.41) is 19.4. The van der Waals surface area contributed by atoms with Crippen molar-refractivity contribution in [1.82, 2.24) is 0 Å². The van der Waals surface area contributed by atoms with Gasteiger partial charge in [-0.25, -0.2) is 0 Å². The topological polar surface area (TPSA) is 40.5 Å². The number of hydrogen-bond donors (Lipinski definition) is 2. The fraction of sp³-hybridized carbons (Fsp3) is 0.733. The largest absolute Gasteiger partial charge is 0.392 e. The number of aliphatic hydroxyl groups excluding tert-OH is 2. The minimum absolute atomic E-state index is 0.0122. The highest BCUT2D eigenvalue weighted by atomic mass is 16.3. The highest BCUT2D eigenvalue weighted by molar-refractivity contribution is 5.18. The van der Waals surface area contributed by atoms with E-state index in [2.05, 4.69) is 26.5 Å². The van der Waals surface area contributed by atoms with E-state index in [1.807, 2.05) is 0 Å². The number of allylic oxidation sites excluding steroid dienone is 2. The van der Waals surface area contributed by atoms with E-state index < -0.39 is 6.10 Å². The number of aliphatic hydroxyl groups is 2. The molecule has 0 amide bonds. The van der Waals surface area contributed by atoms with Gasteiger partial charge in [0.1, 0.15) is 0 Å². The van der Waals surface area contributed by atoms with Gasteiger partial charge in [-0.15, -0.1) is 0 Å². The highest BCUT2D eigenvalue weighted by Crippen LogP contribution is 2.54. The van der Waals surface area contributed by atoms with Crippen molar-refractivity contribution in [3.63, 3.8) is 0 Å². The van der Waals surface area contributed by atoms with Crippen molar-refractivity contribution in [2.75, 3.05) is 6.61 Å². The minimum atomic E-state index is -0.459. The Bertz CT molecular complexity index is 345. The molecule has 2 nitrogen and oxygen atoms in total. The summed E-state index contributed by atoms with van der Waals surface area (Å²) in [7, 11) is 0. The Morgan fingerprint density at radius 2 is 2.29 bits per heavy atom. The SMILES string of the molecule is C=C(C)[C@@H]1CC[C@]2(C)C[C@H](O)C(CO)=CC[C@@H]12. The molecule has 0 heterocycles. The van der Waals surface area contributed by atoms with E-state index in [1.54, 1.807) is 0 Å². The zero-order valence-corrected chi connectivity index (χ0v) is 10.9. The molecular formula is C15H24O2. The van der Waals surface area contributed by atoms with E-state index in [4.69, 9.17) is 0 Å². The van der Waals surface area contributed by atoms with Crippen LogP contribution in [0, 0.1) is 17.3 Å². The summed E-state index contributed by atoms with van der Waals surface area (Å²) in [6.07, 6.45) is 5.72. The smallest absolute Gasteiger partial charge is 0.0777 e. The van der Waals surface area contributed by atoms with Crippen molar-refractivity contribution in [3.05, 3.63) is 23.8 Å². The van der Waals surface area contributed by atoms with E-state index >= 15 is 0 Å². The van der Waals surface area contributed by atoms with E-state index in [0.717, 1.165) is 18.4 Å². The van der Waals surface area contributed by atoms with Crippen LogP contribution in [0.15, 0.2) is 23.8 Å². The molecule has 2 N–H and O–H groups in total. The van der Waals surface area contributed by atoms with E-state index in [1.165, 1.54) is 18.4 Å². The van der Waals surface area contributed by atoms with Gasteiger partial charge in [-0.3, -0.25) is 0 Å². The van der Waals surface area contributed by atoms with Gasteiger partial charge in [0.2, 0.25) is 0 Å². The van der Waals surface area contributed by atoms with Crippen LogP contribution in [0.3, 0.4) is 0 Å². The Morgan fingerprint density at radius 1 is 1.59 bits per heavy atom. The number of fused-ring (bicyclic) bond motifs is 1. The Morgan fingerprint density at radius 3 is 2.88 bits per heavy atom. The van der Waals surface area contributed by atoms with Crippen LogP contribution in [-0.4, -0.2) is 22.9 Å². The molecule has 2 rings (SSSR count). The third kappa shape index (κ3) is 2.21. The first kappa shape index (κ1) is 12.8. The fourth-order valence-corrected chi connectivity index (χ4v) is 3.81. The quantitative estimate of drug-likeness (QED) is 0.724. The molecule has 2 heteroatoms. The summed E-state index contributed by atoms with van der Waals surface area (Å²) < 4.78 is 0. The van der Waals surface area contributed by atoms with Crippen LogP contribution in [0.25, 0.3) is 0 Å². The summed E-state index contributed by atoms with van der Waals surface area (Å²) in [6, 6.07) is 0. The monoisotopic (exact) mass is 236 g/mol. The molecule has 0 aromatic carbocycles. The van der Waals surface area contributed by atoms with Crippen molar-refractivity contribution < 1.29 is 10.2 Å². The molecule has 0 spiro atoms. The van der Waals surface area contributed by atoms with Crippen LogP contribution in [0.5, 0.6) is 0 Å². The Labute approximate surface area is 104 Å². The van der Waals surface area contributed by atoms with Gasteiger partial charge in [-0.05, 0) is 55.4 Å². The summed E-state index contributed by atoms with van der Waals surface area (Å²) in [6.45, 7) is 8.51. The lowest BCUT2D eigenvalue weighted by Crippen LogP contribution is -2.28. The number of hydrogen-bond acceptors (Lipinski definition) is 2. The first-order valence-electron chi connectivity index (χ1n) is 6.61. The third-order valence-electron chi connectivity index (χ3n) is 4.94. The van der Waals surface area contributed by atoms with Crippen LogP contribution in [0.2, 0.25) is 0 Å². The molecule has 0 bridgehead atoms. The molecule has 0 aromatic rings. The lowest BCUT2D eigenvalue weighted by Gasteiger charge is -2.33. The second-order valence-corrected chi connectivity index (χ2v) is 6.14. The second-order valence-electron chi connectivity index (χ2n) is 6.14. The fourth-order valence-electron chi connectivity index (χ4n) is 3.81. The molecule has 0 aromatic heterocycles. The van der Waals surface area contributed by atoms with Crippen molar-refractivity contribution in [3.8, 4) is 0 Å². The molecule has 0 unspecified atom stereocenters. The van der Waals surface area contributed by atoms with Gasteiger partial charge in [0, 0.05) is 0 Å². The predicted octanol–water partition coefficient (Wildman–Crippen LogP) is 2.67. The molecular weight excluding hydrogens is 212 g/mol. The maximum Gasteiger partial charge on any atom is 0.0777 e. The molecule has 17 heavy (non-hydrogen) atoms. The molecule has 96 valence electrons. The number of rotatable bonds is 2. The van der Waals surface area contributed by atoms with Crippen LogP contribution in [0.4, 0.5) is 0 Å². The first-order chi connectivity index (χ1) is 7.98. The van der Waals surface area contributed by atoms with Crippen molar-refractivity contribution in [2.45, 2.75) is 45.6 Å². The van der Waals surface area contributed by atoms with Gasteiger partial charge in [0.25, 0.3) is 0 Å². The maximum atomic E-state index is 10.1. The van der Waals surface area contributed by atoms with Gasteiger partial charge in [0.15, 0.2) is 0 Å². The molecule has 0 saturated heterocycles.